The summed E-state index contributed by atoms with van der Waals surface area (Å²) in [4.78, 5) is 14.1. The summed E-state index contributed by atoms with van der Waals surface area (Å²) in [6, 6.07) is 4.76. The molecule has 0 atom stereocenters. The standard InChI is InChI=1S/C14H22N2O4S/c1-6-16(7-2)14(17)12-10-11(8-9-13(12)20-4)15(3)21(5,18)19/h8-10H,6-7H2,1-5H3. The highest BCUT2D eigenvalue weighted by Crippen LogP contribution is 2.26. The van der Waals surface area contributed by atoms with Gasteiger partial charge in [-0.05, 0) is 32.0 Å². The summed E-state index contributed by atoms with van der Waals surface area (Å²) >= 11 is 0. The Labute approximate surface area is 126 Å². The molecule has 7 heteroatoms. The Kier molecular flexibility index (Phi) is 5.60. The Hall–Kier alpha value is -1.76. The molecule has 0 aliphatic heterocycles. The number of hydrogen-bond donors (Lipinski definition) is 0. The lowest BCUT2D eigenvalue weighted by Crippen LogP contribution is -2.31. The number of methoxy groups -OCH3 is 1. The maximum atomic E-state index is 12.5. The summed E-state index contributed by atoms with van der Waals surface area (Å²) in [6.07, 6.45) is 1.11. The average Bonchev–Trinajstić information content (AvgIpc) is 2.45. The molecule has 0 radical (unpaired) electrons. The van der Waals surface area contributed by atoms with Crippen molar-refractivity contribution in [1.29, 1.82) is 0 Å². The third kappa shape index (κ3) is 3.87. The molecule has 0 heterocycles. The number of sulfonamides is 1. The van der Waals surface area contributed by atoms with Crippen molar-refractivity contribution in [3.8, 4) is 5.75 Å². The van der Waals surface area contributed by atoms with Crippen LogP contribution in [0.2, 0.25) is 0 Å². The summed E-state index contributed by atoms with van der Waals surface area (Å²) in [5, 5.41) is 0. The molecule has 118 valence electrons. The first-order chi connectivity index (χ1) is 9.76. The van der Waals surface area contributed by atoms with Crippen LogP contribution < -0.4 is 9.04 Å². The van der Waals surface area contributed by atoms with Crippen molar-refractivity contribution in [3.05, 3.63) is 23.8 Å². The Morgan fingerprint density at radius 1 is 1.24 bits per heavy atom. The first kappa shape index (κ1) is 17.3. The van der Waals surface area contributed by atoms with E-state index < -0.39 is 10.0 Å². The molecule has 0 aliphatic carbocycles. The molecule has 0 aromatic heterocycles. The molecule has 1 aromatic carbocycles. The van der Waals surface area contributed by atoms with Crippen LogP contribution in [0, 0.1) is 0 Å². The molecule has 0 bridgehead atoms. The van der Waals surface area contributed by atoms with Crippen LogP contribution in [0.1, 0.15) is 24.2 Å². The Bertz CT molecular complexity index is 609. The van der Waals surface area contributed by atoms with Crippen molar-refractivity contribution < 1.29 is 17.9 Å². The van der Waals surface area contributed by atoms with E-state index in [1.165, 1.54) is 14.2 Å². The molecule has 0 saturated carbocycles. The van der Waals surface area contributed by atoms with Gasteiger partial charge in [0.05, 0.1) is 24.6 Å². The molecule has 21 heavy (non-hydrogen) atoms. The van der Waals surface area contributed by atoms with E-state index in [9.17, 15) is 13.2 Å². The van der Waals surface area contributed by atoms with Gasteiger partial charge in [-0.2, -0.15) is 0 Å². The second kappa shape index (κ2) is 6.80. The van der Waals surface area contributed by atoms with Gasteiger partial charge in [-0.25, -0.2) is 8.42 Å². The number of anilines is 1. The van der Waals surface area contributed by atoms with Gasteiger partial charge in [0, 0.05) is 20.1 Å². The van der Waals surface area contributed by atoms with Crippen molar-refractivity contribution in [1.82, 2.24) is 4.90 Å². The maximum Gasteiger partial charge on any atom is 0.257 e. The average molecular weight is 314 g/mol. The summed E-state index contributed by atoms with van der Waals surface area (Å²) in [6.45, 7) is 4.93. The molecule has 0 saturated heterocycles. The quantitative estimate of drug-likeness (QED) is 0.799. The van der Waals surface area contributed by atoms with E-state index in [-0.39, 0.29) is 5.91 Å². The fraction of sp³-hybridized carbons (Fsp3) is 0.500. The Morgan fingerprint density at radius 2 is 1.81 bits per heavy atom. The third-order valence-electron chi connectivity index (χ3n) is 3.33. The molecular formula is C14H22N2O4S. The summed E-state index contributed by atoms with van der Waals surface area (Å²) < 4.78 is 29.6. The van der Waals surface area contributed by atoms with Crippen LogP contribution in [0.15, 0.2) is 18.2 Å². The second-order valence-corrected chi connectivity index (χ2v) is 6.61. The molecule has 0 N–H and O–H groups in total. The highest BCUT2D eigenvalue weighted by molar-refractivity contribution is 7.92. The summed E-state index contributed by atoms with van der Waals surface area (Å²) in [5.74, 6) is 0.248. The van der Waals surface area contributed by atoms with E-state index in [0.29, 0.717) is 30.1 Å². The molecule has 1 rings (SSSR count). The van der Waals surface area contributed by atoms with Crippen LogP contribution in [-0.4, -0.2) is 52.7 Å². The van der Waals surface area contributed by atoms with Crippen LogP contribution in [0.25, 0.3) is 0 Å². The van der Waals surface area contributed by atoms with Gasteiger partial charge in [0.15, 0.2) is 0 Å². The molecule has 6 nitrogen and oxygen atoms in total. The van der Waals surface area contributed by atoms with E-state index in [0.717, 1.165) is 10.6 Å². The van der Waals surface area contributed by atoms with E-state index in [1.807, 2.05) is 13.8 Å². The first-order valence-electron chi connectivity index (χ1n) is 6.67. The molecule has 0 fully saturated rings. The van der Waals surface area contributed by atoms with Crippen molar-refractivity contribution in [2.24, 2.45) is 0 Å². The van der Waals surface area contributed by atoms with Gasteiger partial charge in [-0.3, -0.25) is 9.10 Å². The van der Waals surface area contributed by atoms with Crippen molar-refractivity contribution in [2.75, 3.05) is 37.8 Å². The molecule has 0 aliphatic rings. The molecule has 1 aromatic rings. The fourth-order valence-corrected chi connectivity index (χ4v) is 2.43. The number of carbonyl (C=O) groups excluding carboxylic acids is 1. The Balaban J connectivity index is 3.33. The maximum absolute atomic E-state index is 12.5. The lowest BCUT2D eigenvalue weighted by atomic mass is 10.1. The zero-order chi connectivity index (χ0) is 16.2. The topological polar surface area (TPSA) is 66.9 Å². The number of amides is 1. The minimum atomic E-state index is -3.38. The summed E-state index contributed by atoms with van der Waals surface area (Å²) in [5.41, 5.74) is 0.781. The number of rotatable bonds is 6. The van der Waals surface area contributed by atoms with Gasteiger partial charge < -0.3 is 9.64 Å². The van der Waals surface area contributed by atoms with Crippen LogP contribution in [-0.2, 0) is 10.0 Å². The van der Waals surface area contributed by atoms with E-state index in [2.05, 4.69) is 0 Å². The van der Waals surface area contributed by atoms with Crippen molar-refractivity contribution in [3.63, 3.8) is 0 Å². The number of carbonyl (C=O) groups is 1. The Morgan fingerprint density at radius 3 is 2.24 bits per heavy atom. The summed E-state index contributed by atoms with van der Waals surface area (Å²) in [7, 11) is -0.454. The first-order valence-corrected chi connectivity index (χ1v) is 8.52. The lowest BCUT2D eigenvalue weighted by molar-refractivity contribution is 0.0769. The minimum absolute atomic E-state index is 0.180. The van der Waals surface area contributed by atoms with E-state index >= 15 is 0 Å². The predicted octanol–water partition coefficient (Wildman–Crippen LogP) is 1.57. The lowest BCUT2D eigenvalue weighted by Gasteiger charge is -2.22. The predicted molar refractivity (Wildman–Crippen MR) is 83.5 cm³/mol. The fourth-order valence-electron chi connectivity index (χ4n) is 1.93. The molecule has 0 spiro atoms. The second-order valence-electron chi connectivity index (χ2n) is 4.59. The van der Waals surface area contributed by atoms with Gasteiger partial charge in [-0.15, -0.1) is 0 Å². The van der Waals surface area contributed by atoms with Gasteiger partial charge in [0.1, 0.15) is 5.75 Å². The largest absolute Gasteiger partial charge is 0.496 e. The van der Waals surface area contributed by atoms with Crippen molar-refractivity contribution >= 4 is 21.6 Å². The van der Waals surface area contributed by atoms with Crippen molar-refractivity contribution in [2.45, 2.75) is 13.8 Å². The highest BCUT2D eigenvalue weighted by Gasteiger charge is 2.20. The zero-order valence-corrected chi connectivity index (χ0v) is 13.9. The van der Waals surface area contributed by atoms with E-state index in [1.54, 1.807) is 23.1 Å². The van der Waals surface area contributed by atoms with Gasteiger partial charge in [-0.1, -0.05) is 0 Å². The normalized spacial score (nSPS) is 11.1. The van der Waals surface area contributed by atoms with Gasteiger partial charge >= 0.3 is 0 Å². The van der Waals surface area contributed by atoms with Crippen LogP contribution >= 0.6 is 0 Å². The highest BCUT2D eigenvalue weighted by atomic mass is 32.2. The van der Waals surface area contributed by atoms with E-state index in [4.69, 9.17) is 4.74 Å². The number of hydrogen-bond acceptors (Lipinski definition) is 4. The minimum Gasteiger partial charge on any atom is -0.496 e. The number of nitrogens with zero attached hydrogens (tertiary/aromatic N) is 2. The van der Waals surface area contributed by atoms with Gasteiger partial charge in [0.2, 0.25) is 10.0 Å². The monoisotopic (exact) mass is 314 g/mol. The SMILES string of the molecule is CCN(CC)C(=O)c1cc(N(C)S(C)(=O)=O)ccc1OC. The van der Waals surface area contributed by atoms with Crippen LogP contribution in [0.4, 0.5) is 5.69 Å². The smallest absolute Gasteiger partial charge is 0.257 e. The molecular weight excluding hydrogens is 292 g/mol. The number of benzene rings is 1. The molecule has 1 amide bonds. The number of ether oxygens (including phenoxy) is 1. The van der Waals surface area contributed by atoms with Gasteiger partial charge in [0.25, 0.3) is 5.91 Å². The zero-order valence-electron chi connectivity index (χ0n) is 13.1. The molecule has 0 unspecified atom stereocenters. The van der Waals surface area contributed by atoms with Crippen LogP contribution in [0.3, 0.4) is 0 Å². The third-order valence-corrected chi connectivity index (χ3v) is 4.53. The van der Waals surface area contributed by atoms with Crippen LogP contribution in [0.5, 0.6) is 5.75 Å².